The lowest BCUT2D eigenvalue weighted by molar-refractivity contribution is -0.138. The van der Waals surface area contributed by atoms with Crippen molar-refractivity contribution in [3.05, 3.63) is 24.0 Å². The van der Waals surface area contributed by atoms with Gasteiger partial charge in [0.1, 0.15) is 5.69 Å². The standard InChI is InChI=1S/C19H25N3O3/c23-17-4-7-19(13-22(17)11-14-2-3-14)6-1-9-21(12-19)15-5-8-20-16(10-15)18(24)25/h5,8,10,14H,1-4,6-7,9,11-13H2,(H,24,25). The van der Waals surface area contributed by atoms with Gasteiger partial charge >= 0.3 is 5.97 Å². The number of hydrogen-bond acceptors (Lipinski definition) is 4. The molecule has 1 aliphatic carbocycles. The average molecular weight is 343 g/mol. The van der Waals surface area contributed by atoms with E-state index in [0.29, 0.717) is 12.3 Å². The Bertz CT molecular complexity index is 688. The zero-order valence-corrected chi connectivity index (χ0v) is 14.5. The molecule has 0 aromatic carbocycles. The van der Waals surface area contributed by atoms with E-state index >= 15 is 0 Å². The lowest BCUT2D eigenvalue weighted by Crippen LogP contribution is -2.54. The van der Waals surface area contributed by atoms with Crippen LogP contribution in [0.25, 0.3) is 0 Å². The molecule has 4 rings (SSSR count). The summed E-state index contributed by atoms with van der Waals surface area (Å²) >= 11 is 0. The first-order valence-electron chi connectivity index (χ1n) is 9.27. The number of aromatic nitrogens is 1. The molecule has 0 radical (unpaired) electrons. The van der Waals surface area contributed by atoms with Crippen molar-refractivity contribution in [1.82, 2.24) is 9.88 Å². The fourth-order valence-electron chi connectivity index (χ4n) is 4.38. The molecule has 1 aromatic rings. The number of aromatic carboxylic acids is 1. The SMILES string of the molecule is O=C(O)c1cc(N2CCCC3(CCC(=O)N(CC4CC4)C3)C2)ccn1. The number of anilines is 1. The summed E-state index contributed by atoms with van der Waals surface area (Å²) in [5.41, 5.74) is 1.16. The number of likely N-dealkylation sites (tertiary alicyclic amines) is 1. The highest BCUT2D eigenvalue weighted by Crippen LogP contribution is 2.41. The molecule has 134 valence electrons. The van der Waals surface area contributed by atoms with Gasteiger partial charge in [-0.2, -0.15) is 0 Å². The maximum absolute atomic E-state index is 12.3. The van der Waals surface area contributed by atoms with Gasteiger partial charge in [-0.1, -0.05) is 0 Å². The molecule has 2 saturated heterocycles. The zero-order chi connectivity index (χ0) is 17.4. The quantitative estimate of drug-likeness (QED) is 0.909. The molecule has 1 N–H and O–H groups in total. The number of piperidine rings is 2. The molecule has 6 heteroatoms. The van der Waals surface area contributed by atoms with Crippen LogP contribution < -0.4 is 4.90 Å². The monoisotopic (exact) mass is 343 g/mol. The van der Waals surface area contributed by atoms with Crippen molar-refractivity contribution >= 4 is 17.6 Å². The Morgan fingerprint density at radius 3 is 2.92 bits per heavy atom. The molecular weight excluding hydrogens is 318 g/mol. The lowest BCUT2D eigenvalue weighted by Gasteiger charge is -2.49. The third kappa shape index (κ3) is 3.48. The van der Waals surface area contributed by atoms with E-state index in [1.165, 1.54) is 12.8 Å². The van der Waals surface area contributed by atoms with Gasteiger partial charge < -0.3 is 14.9 Å². The first kappa shape index (κ1) is 16.4. The van der Waals surface area contributed by atoms with Gasteiger partial charge in [-0.15, -0.1) is 0 Å². The van der Waals surface area contributed by atoms with E-state index < -0.39 is 5.97 Å². The largest absolute Gasteiger partial charge is 0.477 e. The minimum absolute atomic E-state index is 0.0892. The highest BCUT2D eigenvalue weighted by atomic mass is 16.4. The van der Waals surface area contributed by atoms with Gasteiger partial charge in [0.05, 0.1) is 0 Å². The van der Waals surface area contributed by atoms with Crippen molar-refractivity contribution in [2.24, 2.45) is 11.3 Å². The van der Waals surface area contributed by atoms with Gasteiger partial charge in [0, 0.05) is 49.9 Å². The molecule has 1 spiro atoms. The summed E-state index contributed by atoms with van der Waals surface area (Å²) in [5.74, 6) is 0.0382. The van der Waals surface area contributed by atoms with Crippen LogP contribution in [-0.4, -0.2) is 53.0 Å². The molecule has 1 saturated carbocycles. The van der Waals surface area contributed by atoms with E-state index in [9.17, 15) is 14.7 Å². The maximum atomic E-state index is 12.3. The number of nitrogens with zero attached hydrogens (tertiary/aromatic N) is 3. The van der Waals surface area contributed by atoms with E-state index in [-0.39, 0.29) is 11.1 Å². The molecule has 2 aliphatic heterocycles. The van der Waals surface area contributed by atoms with Crippen molar-refractivity contribution in [1.29, 1.82) is 0 Å². The van der Waals surface area contributed by atoms with Crippen LogP contribution in [0.3, 0.4) is 0 Å². The molecule has 1 unspecified atom stereocenters. The fourth-order valence-corrected chi connectivity index (χ4v) is 4.38. The van der Waals surface area contributed by atoms with Crippen molar-refractivity contribution in [2.75, 3.05) is 31.1 Å². The van der Waals surface area contributed by atoms with Gasteiger partial charge in [0.15, 0.2) is 0 Å². The number of amides is 1. The topological polar surface area (TPSA) is 73.7 Å². The second-order valence-corrected chi connectivity index (χ2v) is 7.95. The Morgan fingerprint density at radius 1 is 1.32 bits per heavy atom. The Kier molecular flexibility index (Phi) is 4.13. The van der Waals surface area contributed by atoms with Gasteiger partial charge in [0.25, 0.3) is 0 Å². The number of hydrogen-bond donors (Lipinski definition) is 1. The first-order valence-corrected chi connectivity index (χ1v) is 9.27. The number of rotatable bonds is 4. The predicted octanol–water partition coefficient (Wildman–Crippen LogP) is 2.40. The van der Waals surface area contributed by atoms with Crippen LogP contribution in [0.15, 0.2) is 18.3 Å². The molecule has 3 heterocycles. The van der Waals surface area contributed by atoms with E-state index in [1.807, 2.05) is 6.07 Å². The zero-order valence-electron chi connectivity index (χ0n) is 14.5. The smallest absolute Gasteiger partial charge is 0.354 e. The van der Waals surface area contributed by atoms with E-state index in [1.54, 1.807) is 12.3 Å². The highest BCUT2D eigenvalue weighted by Gasteiger charge is 2.43. The molecule has 25 heavy (non-hydrogen) atoms. The molecule has 6 nitrogen and oxygen atoms in total. The molecular formula is C19H25N3O3. The Hall–Kier alpha value is -2.11. The summed E-state index contributed by atoms with van der Waals surface area (Å²) < 4.78 is 0. The summed E-state index contributed by atoms with van der Waals surface area (Å²) in [4.78, 5) is 31.8. The number of carboxylic acid groups (broad SMARTS) is 1. The van der Waals surface area contributed by atoms with Crippen LogP contribution in [0.1, 0.15) is 49.0 Å². The highest BCUT2D eigenvalue weighted by molar-refractivity contribution is 5.86. The van der Waals surface area contributed by atoms with Crippen molar-refractivity contribution in [3.8, 4) is 0 Å². The van der Waals surface area contributed by atoms with Gasteiger partial charge in [0.2, 0.25) is 5.91 Å². The van der Waals surface area contributed by atoms with Crippen LogP contribution in [0.2, 0.25) is 0 Å². The molecule has 1 aromatic heterocycles. The van der Waals surface area contributed by atoms with Crippen LogP contribution in [0.4, 0.5) is 5.69 Å². The minimum atomic E-state index is -0.993. The summed E-state index contributed by atoms with van der Waals surface area (Å²) in [6.07, 6.45) is 7.92. The molecule has 3 fully saturated rings. The summed E-state index contributed by atoms with van der Waals surface area (Å²) in [7, 11) is 0. The molecule has 0 bridgehead atoms. The van der Waals surface area contributed by atoms with Crippen LogP contribution in [0, 0.1) is 11.3 Å². The van der Waals surface area contributed by atoms with Gasteiger partial charge in [-0.25, -0.2) is 9.78 Å². The maximum Gasteiger partial charge on any atom is 0.354 e. The normalized spacial score (nSPS) is 27.0. The van der Waals surface area contributed by atoms with E-state index in [4.69, 9.17) is 0 Å². The molecule has 3 aliphatic rings. The third-order valence-corrected chi connectivity index (χ3v) is 5.91. The van der Waals surface area contributed by atoms with Crippen LogP contribution in [-0.2, 0) is 4.79 Å². The van der Waals surface area contributed by atoms with Gasteiger partial charge in [-0.05, 0) is 50.2 Å². The van der Waals surface area contributed by atoms with Crippen molar-refractivity contribution in [2.45, 2.75) is 38.5 Å². The van der Waals surface area contributed by atoms with E-state index in [2.05, 4.69) is 14.8 Å². The average Bonchev–Trinajstić information content (AvgIpc) is 3.43. The Morgan fingerprint density at radius 2 is 2.16 bits per heavy atom. The van der Waals surface area contributed by atoms with Crippen molar-refractivity contribution < 1.29 is 14.7 Å². The lowest BCUT2D eigenvalue weighted by atomic mass is 9.73. The van der Waals surface area contributed by atoms with Gasteiger partial charge in [-0.3, -0.25) is 4.79 Å². The van der Waals surface area contributed by atoms with E-state index in [0.717, 1.165) is 57.0 Å². The molecule has 1 atom stereocenters. The first-order chi connectivity index (χ1) is 12.0. The Balaban J connectivity index is 1.50. The number of carbonyl (C=O) groups is 2. The Labute approximate surface area is 147 Å². The minimum Gasteiger partial charge on any atom is -0.477 e. The fraction of sp³-hybridized carbons (Fsp3) is 0.632. The number of carbonyl (C=O) groups excluding carboxylic acids is 1. The molecule has 1 amide bonds. The number of carboxylic acids is 1. The second-order valence-electron chi connectivity index (χ2n) is 7.95. The predicted molar refractivity (Wildman–Crippen MR) is 93.6 cm³/mol. The number of pyridine rings is 1. The second kappa shape index (κ2) is 6.32. The van der Waals surface area contributed by atoms with Crippen molar-refractivity contribution in [3.63, 3.8) is 0 Å². The summed E-state index contributed by atoms with van der Waals surface area (Å²) in [6, 6.07) is 3.55. The third-order valence-electron chi connectivity index (χ3n) is 5.91. The van der Waals surface area contributed by atoms with Crippen LogP contribution >= 0.6 is 0 Å². The summed E-state index contributed by atoms with van der Waals surface area (Å²) in [5, 5.41) is 9.18. The summed E-state index contributed by atoms with van der Waals surface area (Å²) in [6.45, 7) is 3.61. The van der Waals surface area contributed by atoms with Crippen LogP contribution in [0.5, 0.6) is 0 Å².